The molecule has 2 aromatic heterocycles. The zero-order valence-corrected chi connectivity index (χ0v) is 15.9. The lowest BCUT2D eigenvalue weighted by Crippen LogP contribution is -1.85. The summed E-state index contributed by atoms with van der Waals surface area (Å²) in [7, 11) is 0. The lowest BCUT2D eigenvalue weighted by molar-refractivity contribution is 1.21. The van der Waals surface area contributed by atoms with Crippen LogP contribution in [0.2, 0.25) is 0 Å². The predicted molar refractivity (Wildman–Crippen MR) is 110 cm³/mol. The van der Waals surface area contributed by atoms with Crippen LogP contribution in [0.5, 0.6) is 0 Å². The van der Waals surface area contributed by atoms with Gasteiger partial charge in [0.15, 0.2) is 0 Å². The number of hydrogen-bond acceptors (Lipinski definition) is 5. The van der Waals surface area contributed by atoms with E-state index in [0.717, 1.165) is 32.9 Å². The molecule has 0 saturated heterocycles. The van der Waals surface area contributed by atoms with E-state index < -0.39 is 0 Å². The minimum atomic E-state index is 0.918. The Kier molecular flexibility index (Phi) is 5.25. The van der Waals surface area contributed by atoms with Gasteiger partial charge in [-0.1, -0.05) is 60.7 Å². The maximum absolute atomic E-state index is 4.74. The maximum atomic E-state index is 4.74. The van der Waals surface area contributed by atoms with Crippen LogP contribution in [0.15, 0.2) is 71.4 Å². The maximum Gasteiger partial charge on any atom is 0.123 e. The van der Waals surface area contributed by atoms with E-state index in [9.17, 15) is 0 Å². The summed E-state index contributed by atoms with van der Waals surface area (Å²) < 4.78 is 0. The summed E-state index contributed by atoms with van der Waals surface area (Å²) in [6, 6.07) is 20.7. The molecule has 2 heterocycles. The van der Waals surface area contributed by atoms with Crippen LogP contribution in [0.4, 0.5) is 0 Å². The van der Waals surface area contributed by atoms with Gasteiger partial charge in [0.1, 0.15) is 10.0 Å². The Labute approximate surface area is 159 Å². The topological polar surface area (TPSA) is 25.8 Å². The summed E-state index contributed by atoms with van der Waals surface area (Å²) >= 11 is 5.29. The second kappa shape index (κ2) is 7.95. The molecule has 0 fully saturated rings. The van der Waals surface area contributed by atoms with Crippen molar-refractivity contribution in [3.63, 3.8) is 0 Å². The van der Waals surface area contributed by atoms with Gasteiger partial charge in [-0.25, -0.2) is 9.97 Å². The first-order valence-corrected chi connectivity index (χ1v) is 10.9. The van der Waals surface area contributed by atoms with Crippen LogP contribution in [0.25, 0.3) is 21.1 Å². The quantitative estimate of drug-likeness (QED) is 0.389. The van der Waals surface area contributed by atoms with E-state index in [1.165, 1.54) is 11.1 Å². The summed E-state index contributed by atoms with van der Waals surface area (Å²) in [6.45, 7) is 0. The number of rotatable bonds is 6. The fraction of sp³-hybridized carbons (Fsp3) is 0.100. The highest BCUT2D eigenvalue weighted by molar-refractivity contribution is 7.97. The Morgan fingerprint density at radius 3 is 1.52 bits per heavy atom. The third-order valence-electron chi connectivity index (χ3n) is 3.64. The van der Waals surface area contributed by atoms with E-state index in [0.29, 0.717) is 0 Å². The molecule has 4 rings (SSSR count). The zero-order chi connectivity index (χ0) is 16.9. The van der Waals surface area contributed by atoms with Crippen molar-refractivity contribution in [2.75, 3.05) is 0 Å². The lowest BCUT2D eigenvalue weighted by atomic mass is 10.2. The average Bonchev–Trinajstić information content (AvgIpc) is 3.33. The molecule has 5 heteroatoms. The van der Waals surface area contributed by atoms with Gasteiger partial charge >= 0.3 is 0 Å². The molecule has 2 nitrogen and oxygen atoms in total. The standard InChI is InChI=1S/C20H16N2S3/c1-3-7-15(8-4-1)19-21-17(13-24-19)11-23-12-18-14-25-20(22-18)16-9-5-2-6-10-16/h1-10,13-14H,11-12H2. The molecule has 0 aliphatic heterocycles. The molecule has 0 aliphatic carbocycles. The molecule has 0 spiro atoms. The largest absolute Gasteiger partial charge is 0.240 e. The molecule has 0 amide bonds. The molecule has 0 unspecified atom stereocenters. The number of benzene rings is 2. The van der Waals surface area contributed by atoms with E-state index in [1.807, 2.05) is 23.9 Å². The predicted octanol–water partition coefficient (Wildman–Crippen LogP) is 6.37. The van der Waals surface area contributed by atoms with Crippen molar-refractivity contribution in [1.82, 2.24) is 9.97 Å². The molecule has 124 valence electrons. The van der Waals surface area contributed by atoms with Gasteiger partial charge < -0.3 is 0 Å². The van der Waals surface area contributed by atoms with Crippen molar-refractivity contribution < 1.29 is 0 Å². The molecular formula is C20H16N2S3. The van der Waals surface area contributed by atoms with Crippen molar-refractivity contribution in [3.8, 4) is 21.1 Å². The van der Waals surface area contributed by atoms with Crippen molar-refractivity contribution >= 4 is 34.4 Å². The average molecular weight is 381 g/mol. The minimum absolute atomic E-state index is 0.918. The van der Waals surface area contributed by atoms with Crippen LogP contribution in [0, 0.1) is 0 Å². The summed E-state index contributed by atoms with van der Waals surface area (Å²) in [5.41, 5.74) is 4.67. The summed E-state index contributed by atoms with van der Waals surface area (Å²) in [4.78, 5) is 9.49. The fourth-order valence-corrected chi connectivity index (χ4v) is 5.11. The SMILES string of the molecule is c1ccc(-c2nc(CSCc3csc(-c4ccccc4)n3)cs2)cc1. The molecule has 0 radical (unpaired) electrons. The van der Waals surface area contributed by atoms with Gasteiger partial charge in [-0.3, -0.25) is 0 Å². The highest BCUT2D eigenvalue weighted by Gasteiger charge is 2.07. The second-order valence-electron chi connectivity index (χ2n) is 5.51. The molecule has 0 N–H and O–H groups in total. The van der Waals surface area contributed by atoms with Crippen molar-refractivity contribution in [2.24, 2.45) is 0 Å². The van der Waals surface area contributed by atoms with Crippen LogP contribution < -0.4 is 0 Å². The number of aromatic nitrogens is 2. The summed E-state index contributed by atoms with van der Waals surface area (Å²) in [6.07, 6.45) is 0. The van der Waals surface area contributed by atoms with Gasteiger partial charge in [0.25, 0.3) is 0 Å². The third-order valence-corrected chi connectivity index (χ3v) is 6.52. The molecule has 0 saturated carbocycles. The Hall–Kier alpha value is -1.95. The molecular weight excluding hydrogens is 364 g/mol. The van der Waals surface area contributed by atoms with Crippen LogP contribution >= 0.6 is 34.4 Å². The second-order valence-corrected chi connectivity index (χ2v) is 8.21. The van der Waals surface area contributed by atoms with Gasteiger partial charge in [0, 0.05) is 33.4 Å². The van der Waals surface area contributed by atoms with Gasteiger partial charge in [-0.05, 0) is 0 Å². The first kappa shape index (κ1) is 16.5. The van der Waals surface area contributed by atoms with Gasteiger partial charge in [0.2, 0.25) is 0 Å². The van der Waals surface area contributed by atoms with Crippen molar-refractivity contribution in [3.05, 3.63) is 82.8 Å². The van der Waals surface area contributed by atoms with Crippen molar-refractivity contribution in [2.45, 2.75) is 11.5 Å². The normalized spacial score (nSPS) is 10.9. The molecule has 4 aromatic rings. The van der Waals surface area contributed by atoms with E-state index in [-0.39, 0.29) is 0 Å². The Bertz CT molecular complexity index is 852. The van der Waals surface area contributed by atoms with Crippen LogP contribution in [-0.4, -0.2) is 9.97 Å². The Morgan fingerprint density at radius 2 is 1.08 bits per heavy atom. The van der Waals surface area contributed by atoms with E-state index >= 15 is 0 Å². The third kappa shape index (κ3) is 4.18. The minimum Gasteiger partial charge on any atom is -0.240 e. The van der Waals surface area contributed by atoms with Crippen LogP contribution in [-0.2, 0) is 11.5 Å². The first-order valence-electron chi connectivity index (χ1n) is 7.96. The Balaban J connectivity index is 1.34. The number of hydrogen-bond donors (Lipinski definition) is 0. The monoisotopic (exact) mass is 380 g/mol. The summed E-state index contributed by atoms with van der Waals surface area (Å²) in [5.74, 6) is 1.84. The lowest BCUT2D eigenvalue weighted by Gasteiger charge is -1.97. The molecule has 2 aromatic carbocycles. The van der Waals surface area contributed by atoms with Gasteiger partial charge in [-0.2, -0.15) is 0 Å². The van der Waals surface area contributed by atoms with Crippen LogP contribution in [0.3, 0.4) is 0 Å². The van der Waals surface area contributed by atoms with E-state index in [2.05, 4.69) is 59.3 Å². The highest BCUT2D eigenvalue weighted by atomic mass is 32.2. The summed E-state index contributed by atoms with van der Waals surface area (Å²) in [5, 5.41) is 6.50. The van der Waals surface area contributed by atoms with E-state index in [1.54, 1.807) is 22.7 Å². The molecule has 0 aliphatic rings. The fourth-order valence-electron chi connectivity index (χ4n) is 2.43. The molecule has 25 heavy (non-hydrogen) atoms. The first-order chi connectivity index (χ1) is 12.4. The van der Waals surface area contributed by atoms with Gasteiger partial charge in [0.05, 0.1) is 11.4 Å². The highest BCUT2D eigenvalue weighted by Crippen LogP contribution is 2.28. The molecule has 0 bridgehead atoms. The number of thiazole rings is 2. The van der Waals surface area contributed by atoms with Gasteiger partial charge in [-0.15, -0.1) is 34.4 Å². The smallest absolute Gasteiger partial charge is 0.123 e. The number of thioether (sulfide) groups is 1. The number of nitrogens with zero attached hydrogens (tertiary/aromatic N) is 2. The Morgan fingerprint density at radius 1 is 0.640 bits per heavy atom. The molecule has 0 atom stereocenters. The zero-order valence-electron chi connectivity index (χ0n) is 13.5. The van der Waals surface area contributed by atoms with Crippen LogP contribution in [0.1, 0.15) is 11.4 Å². The van der Waals surface area contributed by atoms with E-state index in [4.69, 9.17) is 9.97 Å². The van der Waals surface area contributed by atoms with Crippen molar-refractivity contribution in [1.29, 1.82) is 0 Å².